The van der Waals surface area contributed by atoms with Gasteiger partial charge in [-0.3, -0.25) is 5.43 Å². The number of hydrazine groups is 1. The zero-order valence-corrected chi connectivity index (χ0v) is 7.51. The summed E-state index contributed by atoms with van der Waals surface area (Å²) in [4.78, 5) is 29.9. The molecule has 14 heavy (non-hydrogen) atoms. The van der Waals surface area contributed by atoms with Crippen LogP contribution in [0.25, 0.3) is 0 Å². The van der Waals surface area contributed by atoms with Crippen LogP contribution >= 0.6 is 0 Å². The maximum atomic E-state index is 10.3. The Kier molecular flexibility index (Phi) is 6.92. The van der Waals surface area contributed by atoms with Gasteiger partial charge in [-0.15, -0.1) is 10.3 Å². The lowest BCUT2D eigenvalue weighted by molar-refractivity contribution is -0.548. The summed E-state index contributed by atoms with van der Waals surface area (Å²) >= 11 is 0. The Balaban J connectivity index is 3.47. The molecule has 0 heterocycles. The molecule has 0 aliphatic heterocycles. The van der Waals surface area contributed by atoms with Gasteiger partial charge in [0.25, 0.3) is 0 Å². The van der Waals surface area contributed by atoms with Crippen molar-refractivity contribution in [3.63, 3.8) is 0 Å². The SMILES string of the molecule is O=CC(CCCCNN=O)N[N+](=O)[O-]. The van der Waals surface area contributed by atoms with Crippen molar-refractivity contribution in [2.75, 3.05) is 6.54 Å². The summed E-state index contributed by atoms with van der Waals surface area (Å²) in [7, 11) is 0. The third-order valence-electron chi connectivity index (χ3n) is 1.55. The van der Waals surface area contributed by atoms with Gasteiger partial charge in [0.15, 0.2) is 5.03 Å². The fourth-order valence-electron chi connectivity index (χ4n) is 0.912. The molecule has 0 saturated heterocycles. The molecular weight excluding hydrogens is 192 g/mol. The number of nitro groups is 1. The van der Waals surface area contributed by atoms with E-state index in [2.05, 4.69) is 10.7 Å². The van der Waals surface area contributed by atoms with Crippen molar-refractivity contribution in [2.24, 2.45) is 5.29 Å². The van der Waals surface area contributed by atoms with Crippen molar-refractivity contribution in [1.29, 1.82) is 0 Å². The van der Waals surface area contributed by atoms with E-state index in [0.717, 1.165) is 0 Å². The van der Waals surface area contributed by atoms with Crippen LogP contribution in [0.1, 0.15) is 19.3 Å². The third-order valence-corrected chi connectivity index (χ3v) is 1.55. The smallest absolute Gasteiger partial charge is 0.158 e. The van der Waals surface area contributed by atoms with Gasteiger partial charge in [0.2, 0.25) is 0 Å². The Morgan fingerprint density at radius 1 is 1.50 bits per heavy atom. The highest BCUT2D eigenvalue weighted by atomic mass is 16.7. The van der Waals surface area contributed by atoms with Crippen LogP contribution in [0.15, 0.2) is 5.29 Å². The number of carbonyl (C=O) groups excluding carboxylic acids is 1. The van der Waals surface area contributed by atoms with Crippen LogP contribution < -0.4 is 10.9 Å². The number of hydrogen-bond acceptors (Lipinski definition) is 5. The zero-order valence-electron chi connectivity index (χ0n) is 7.51. The summed E-state index contributed by atoms with van der Waals surface area (Å²) in [5.41, 5.74) is 4.08. The van der Waals surface area contributed by atoms with Crippen LogP contribution in [0, 0.1) is 15.0 Å². The van der Waals surface area contributed by atoms with Crippen molar-refractivity contribution in [3.05, 3.63) is 15.0 Å². The molecule has 1 atom stereocenters. The average molecular weight is 204 g/mol. The molecule has 0 aromatic heterocycles. The van der Waals surface area contributed by atoms with E-state index in [9.17, 15) is 19.8 Å². The molecule has 0 spiro atoms. The van der Waals surface area contributed by atoms with Gasteiger partial charge in [-0.05, 0) is 19.3 Å². The van der Waals surface area contributed by atoms with E-state index in [1.165, 1.54) is 0 Å². The predicted octanol–water partition coefficient (Wildman–Crippen LogP) is -0.223. The van der Waals surface area contributed by atoms with Crippen LogP contribution in [0.5, 0.6) is 0 Å². The first-order valence-corrected chi connectivity index (χ1v) is 4.11. The van der Waals surface area contributed by atoms with E-state index in [0.29, 0.717) is 32.1 Å². The number of hydrogen-bond donors (Lipinski definition) is 2. The van der Waals surface area contributed by atoms with Gasteiger partial charge >= 0.3 is 0 Å². The standard InChI is InChI=1S/C6H12N4O4/c11-5-6(8-10(13)14)3-1-2-4-7-9-12/h5-6,8H,1-4H2,(H,7,12). The van der Waals surface area contributed by atoms with Crippen molar-refractivity contribution in [1.82, 2.24) is 10.9 Å². The van der Waals surface area contributed by atoms with Gasteiger partial charge < -0.3 is 4.79 Å². The Morgan fingerprint density at radius 2 is 2.21 bits per heavy atom. The lowest BCUT2D eigenvalue weighted by atomic mass is 10.1. The van der Waals surface area contributed by atoms with Gasteiger partial charge in [0, 0.05) is 11.8 Å². The molecule has 0 radical (unpaired) electrons. The molecule has 2 N–H and O–H groups in total. The maximum absolute atomic E-state index is 10.3. The van der Waals surface area contributed by atoms with Crippen LogP contribution in [-0.4, -0.2) is 23.9 Å². The highest BCUT2D eigenvalue weighted by molar-refractivity contribution is 5.56. The molecule has 1 unspecified atom stereocenters. The van der Waals surface area contributed by atoms with E-state index in [1.54, 1.807) is 0 Å². The third kappa shape index (κ3) is 6.95. The largest absolute Gasteiger partial charge is 0.301 e. The van der Waals surface area contributed by atoms with Crippen molar-refractivity contribution >= 4 is 6.29 Å². The number of nitroso groups, excluding NO2 is 1. The molecule has 8 heteroatoms. The second-order valence-electron chi connectivity index (χ2n) is 2.62. The Labute approximate surface area is 80.1 Å². The fourth-order valence-corrected chi connectivity index (χ4v) is 0.912. The predicted molar refractivity (Wildman–Crippen MR) is 47.6 cm³/mol. The molecule has 8 nitrogen and oxygen atoms in total. The summed E-state index contributed by atoms with van der Waals surface area (Å²) in [6, 6.07) is -0.769. The quantitative estimate of drug-likeness (QED) is 0.176. The van der Waals surface area contributed by atoms with Crippen LogP contribution in [0.4, 0.5) is 0 Å². The monoisotopic (exact) mass is 204 g/mol. The molecular formula is C6H12N4O4. The summed E-state index contributed by atoms with van der Waals surface area (Å²) in [5, 5.41) is 11.7. The zero-order chi connectivity index (χ0) is 10.8. The minimum absolute atomic E-state index is 0.366. The summed E-state index contributed by atoms with van der Waals surface area (Å²) < 4.78 is 0. The first kappa shape index (κ1) is 12.3. The van der Waals surface area contributed by atoms with E-state index in [4.69, 9.17) is 0 Å². The van der Waals surface area contributed by atoms with Gasteiger partial charge in [-0.25, -0.2) is 10.1 Å². The lowest BCUT2D eigenvalue weighted by Crippen LogP contribution is -2.35. The molecule has 0 rings (SSSR count). The van der Waals surface area contributed by atoms with E-state index in [-0.39, 0.29) is 0 Å². The lowest BCUT2D eigenvalue weighted by Gasteiger charge is -2.05. The first-order valence-electron chi connectivity index (χ1n) is 4.11. The average Bonchev–Trinajstić information content (AvgIpc) is 2.15. The van der Waals surface area contributed by atoms with E-state index < -0.39 is 11.1 Å². The van der Waals surface area contributed by atoms with Crippen molar-refractivity contribution in [2.45, 2.75) is 25.3 Å². The molecule has 0 bridgehead atoms. The molecule has 0 amide bonds. The Bertz CT molecular complexity index is 198. The maximum Gasteiger partial charge on any atom is 0.158 e. The molecule has 0 aromatic carbocycles. The number of nitrogens with one attached hydrogen (secondary N) is 2. The summed E-state index contributed by atoms with van der Waals surface area (Å²) in [6.45, 7) is 0.410. The summed E-state index contributed by atoms with van der Waals surface area (Å²) in [6.07, 6.45) is 2.10. The highest BCUT2D eigenvalue weighted by Gasteiger charge is 2.10. The van der Waals surface area contributed by atoms with Crippen LogP contribution in [-0.2, 0) is 4.79 Å². The summed E-state index contributed by atoms with van der Waals surface area (Å²) in [5.74, 6) is 0. The molecule has 0 aromatic rings. The minimum atomic E-state index is -0.769. The number of aldehydes is 1. The molecule has 0 fully saturated rings. The molecule has 80 valence electrons. The number of rotatable bonds is 9. The van der Waals surface area contributed by atoms with E-state index in [1.807, 2.05) is 5.43 Å². The topological polar surface area (TPSA) is 114 Å². The normalized spacial score (nSPS) is 11.4. The van der Waals surface area contributed by atoms with Crippen molar-refractivity contribution < 1.29 is 9.83 Å². The van der Waals surface area contributed by atoms with E-state index >= 15 is 0 Å². The second kappa shape index (κ2) is 7.90. The molecule has 0 saturated carbocycles. The Hall–Kier alpha value is -1.73. The van der Waals surface area contributed by atoms with Crippen LogP contribution in [0.3, 0.4) is 0 Å². The highest BCUT2D eigenvalue weighted by Crippen LogP contribution is 1.98. The second-order valence-corrected chi connectivity index (χ2v) is 2.62. The van der Waals surface area contributed by atoms with Gasteiger partial charge in [-0.2, -0.15) is 0 Å². The van der Waals surface area contributed by atoms with Crippen molar-refractivity contribution in [3.8, 4) is 0 Å². The Morgan fingerprint density at radius 3 is 2.71 bits per heavy atom. The van der Waals surface area contributed by atoms with Gasteiger partial charge in [0.1, 0.15) is 12.3 Å². The first-order chi connectivity index (χ1) is 6.70. The molecule has 0 aliphatic carbocycles. The minimum Gasteiger partial charge on any atom is -0.301 e. The fraction of sp³-hybridized carbons (Fsp3) is 0.833. The van der Waals surface area contributed by atoms with Crippen LogP contribution in [0.2, 0.25) is 0 Å². The molecule has 0 aliphatic rings. The number of unbranched alkanes of at least 4 members (excludes halogenated alkanes) is 1. The number of carbonyl (C=O) groups is 1. The van der Waals surface area contributed by atoms with Gasteiger partial charge in [-0.1, -0.05) is 0 Å². The van der Waals surface area contributed by atoms with Gasteiger partial charge in [0.05, 0.1) is 0 Å². The number of nitrogens with zero attached hydrogens (tertiary/aromatic N) is 2.